The van der Waals surface area contributed by atoms with Gasteiger partial charge in [0.15, 0.2) is 5.75 Å². The normalized spacial score (nSPS) is 12.8. The molecule has 10 heteroatoms. The fraction of sp³-hybridized carbons (Fsp3) is 0.400. The van der Waals surface area contributed by atoms with Crippen molar-refractivity contribution in [3.63, 3.8) is 0 Å². The molecular formula is C15H17F3N4O3. The molecule has 0 aliphatic heterocycles. The molecule has 7 nitrogen and oxygen atoms in total. The highest BCUT2D eigenvalue weighted by atomic mass is 19.4. The maximum absolute atomic E-state index is 12.4. The molecule has 1 aromatic carbocycles. The van der Waals surface area contributed by atoms with Crippen LogP contribution in [0.15, 0.2) is 28.7 Å². The van der Waals surface area contributed by atoms with E-state index in [0.29, 0.717) is 5.89 Å². The van der Waals surface area contributed by atoms with Crippen molar-refractivity contribution in [3.8, 4) is 5.75 Å². The maximum Gasteiger partial charge on any atom is 0.573 e. The molecule has 0 bridgehead atoms. The predicted molar refractivity (Wildman–Crippen MR) is 82.1 cm³/mol. The Morgan fingerprint density at radius 2 is 1.80 bits per heavy atom. The van der Waals surface area contributed by atoms with Crippen LogP contribution in [-0.2, 0) is 0 Å². The molecule has 1 heterocycles. The Hall–Kier alpha value is -2.78. The quantitative estimate of drug-likeness (QED) is 0.844. The molecule has 0 unspecified atom stereocenters. The van der Waals surface area contributed by atoms with Crippen LogP contribution in [0.3, 0.4) is 0 Å². The lowest BCUT2D eigenvalue weighted by molar-refractivity contribution is -0.274. The Morgan fingerprint density at radius 3 is 2.40 bits per heavy atom. The second-order valence-electron chi connectivity index (χ2n) is 5.50. The lowest BCUT2D eigenvalue weighted by Gasteiger charge is -2.15. The number of carbonyl (C=O) groups excluding carboxylic acids is 1. The van der Waals surface area contributed by atoms with Gasteiger partial charge in [-0.1, -0.05) is 26.0 Å². The summed E-state index contributed by atoms with van der Waals surface area (Å²) in [6, 6.07) is 3.84. The summed E-state index contributed by atoms with van der Waals surface area (Å²) < 4.78 is 46.4. The molecule has 0 aliphatic carbocycles. The van der Waals surface area contributed by atoms with Crippen molar-refractivity contribution in [2.45, 2.75) is 39.1 Å². The molecule has 2 aromatic rings. The van der Waals surface area contributed by atoms with Crippen LogP contribution < -0.4 is 15.4 Å². The highest BCUT2D eigenvalue weighted by Crippen LogP contribution is 2.30. The van der Waals surface area contributed by atoms with Gasteiger partial charge in [-0.15, -0.1) is 23.4 Å². The second-order valence-corrected chi connectivity index (χ2v) is 5.50. The third kappa shape index (κ3) is 5.37. The molecule has 25 heavy (non-hydrogen) atoms. The van der Waals surface area contributed by atoms with Gasteiger partial charge in [0.2, 0.25) is 11.8 Å². The first-order chi connectivity index (χ1) is 11.7. The van der Waals surface area contributed by atoms with Crippen molar-refractivity contribution < 1.29 is 27.1 Å². The number of rotatable bonds is 5. The first-order valence-corrected chi connectivity index (χ1v) is 7.41. The van der Waals surface area contributed by atoms with Crippen molar-refractivity contribution in [3.05, 3.63) is 36.0 Å². The number of hydrogen-bond donors (Lipinski definition) is 2. The van der Waals surface area contributed by atoms with Gasteiger partial charge in [0.05, 0.1) is 5.69 Å². The summed E-state index contributed by atoms with van der Waals surface area (Å²) in [7, 11) is 0. The average Bonchev–Trinajstić information content (AvgIpc) is 2.98. The van der Waals surface area contributed by atoms with Crippen LogP contribution in [0, 0.1) is 0 Å². The summed E-state index contributed by atoms with van der Waals surface area (Å²) in [5.41, 5.74) is -0.127. The molecule has 0 spiro atoms. The number of anilines is 1. The molecule has 0 saturated carbocycles. The number of aromatic nitrogens is 2. The number of para-hydroxylation sites is 2. The van der Waals surface area contributed by atoms with E-state index in [-0.39, 0.29) is 17.5 Å². The third-order valence-corrected chi connectivity index (χ3v) is 3.03. The van der Waals surface area contributed by atoms with Crippen molar-refractivity contribution in [2.75, 3.05) is 5.32 Å². The number of halogens is 3. The standard InChI is InChI=1S/C15H17F3N4O3/c1-8(2)12-21-22-13(24-12)9(3)19-14(23)20-10-6-4-5-7-11(10)25-15(16,17)18/h4-9H,1-3H3,(H2,19,20,23)/t9-/m0/s1. The zero-order valence-electron chi connectivity index (χ0n) is 13.7. The third-order valence-electron chi connectivity index (χ3n) is 3.03. The van der Waals surface area contributed by atoms with E-state index in [2.05, 4.69) is 25.6 Å². The Labute approximate surface area is 141 Å². The van der Waals surface area contributed by atoms with E-state index >= 15 is 0 Å². The van der Waals surface area contributed by atoms with Gasteiger partial charge in [0.1, 0.15) is 6.04 Å². The van der Waals surface area contributed by atoms with Gasteiger partial charge in [-0.3, -0.25) is 0 Å². The van der Waals surface area contributed by atoms with E-state index in [9.17, 15) is 18.0 Å². The second kappa shape index (κ2) is 7.41. The molecule has 2 rings (SSSR count). The first-order valence-electron chi connectivity index (χ1n) is 7.41. The van der Waals surface area contributed by atoms with Gasteiger partial charge in [0.25, 0.3) is 0 Å². The maximum atomic E-state index is 12.4. The summed E-state index contributed by atoms with van der Waals surface area (Å²) in [4.78, 5) is 12.0. The summed E-state index contributed by atoms with van der Waals surface area (Å²) >= 11 is 0. The van der Waals surface area contributed by atoms with Gasteiger partial charge < -0.3 is 19.8 Å². The number of benzene rings is 1. The summed E-state index contributed by atoms with van der Waals surface area (Å²) in [6.07, 6.45) is -4.86. The minimum Gasteiger partial charge on any atom is -0.423 e. The topological polar surface area (TPSA) is 89.3 Å². The molecule has 0 radical (unpaired) electrons. The van der Waals surface area contributed by atoms with Crippen molar-refractivity contribution in [1.82, 2.24) is 15.5 Å². The smallest absolute Gasteiger partial charge is 0.423 e. The Balaban J connectivity index is 2.02. The number of hydrogen-bond acceptors (Lipinski definition) is 5. The summed E-state index contributed by atoms with van der Waals surface area (Å²) in [6.45, 7) is 5.36. The number of carbonyl (C=O) groups is 1. The lowest BCUT2D eigenvalue weighted by atomic mass is 10.2. The van der Waals surface area contributed by atoms with Crippen molar-refractivity contribution in [1.29, 1.82) is 0 Å². The Morgan fingerprint density at radius 1 is 1.16 bits per heavy atom. The fourth-order valence-corrected chi connectivity index (χ4v) is 1.86. The molecule has 0 fully saturated rings. The van der Waals surface area contributed by atoms with E-state index < -0.39 is 24.2 Å². The molecular weight excluding hydrogens is 341 g/mol. The zero-order chi connectivity index (χ0) is 18.6. The highest BCUT2D eigenvalue weighted by molar-refractivity contribution is 5.91. The van der Waals surface area contributed by atoms with Gasteiger partial charge in [-0.25, -0.2) is 4.79 Å². The van der Waals surface area contributed by atoms with E-state index in [1.165, 1.54) is 18.2 Å². The predicted octanol–water partition coefficient (Wildman–Crippen LogP) is 3.97. The number of alkyl halides is 3. The molecule has 1 atom stereocenters. The lowest BCUT2D eigenvalue weighted by Crippen LogP contribution is -2.31. The first kappa shape index (κ1) is 18.6. The fourth-order valence-electron chi connectivity index (χ4n) is 1.86. The summed E-state index contributed by atoms with van der Waals surface area (Å²) in [5, 5.41) is 12.5. The van der Waals surface area contributed by atoms with Crippen LogP contribution in [0.5, 0.6) is 5.75 Å². The molecule has 136 valence electrons. The van der Waals surface area contributed by atoms with Gasteiger partial charge in [-0.05, 0) is 19.1 Å². The van der Waals surface area contributed by atoms with Crippen LogP contribution in [-0.4, -0.2) is 22.6 Å². The minimum atomic E-state index is -4.86. The number of ether oxygens (including phenoxy) is 1. The van der Waals surface area contributed by atoms with Crippen molar-refractivity contribution >= 4 is 11.7 Å². The Kier molecular flexibility index (Phi) is 5.50. The number of urea groups is 1. The highest BCUT2D eigenvalue weighted by Gasteiger charge is 2.32. The van der Waals surface area contributed by atoms with E-state index in [1.54, 1.807) is 6.92 Å². The van der Waals surface area contributed by atoms with Crippen LogP contribution in [0.1, 0.15) is 44.5 Å². The van der Waals surface area contributed by atoms with Crippen LogP contribution in [0.4, 0.5) is 23.7 Å². The molecule has 2 N–H and O–H groups in total. The van der Waals surface area contributed by atoms with Crippen LogP contribution in [0.25, 0.3) is 0 Å². The minimum absolute atomic E-state index is 0.0358. The van der Waals surface area contributed by atoms with E-state index in [1.807, 2.05) is 13.8 Å². The largest absolute Gasteiger partial charge is 0.573 e. The number of nitrogens with zero attached hydrogens (tertiary/aromatic N) is 2. The van der Waals surface area contributed by atoms with E-state index in [4.69, 9.17) is 4.42 Å². The zero-order valence-corrected chi connectivity index (χ0v) is 13.7. The van der Waals surface area contributed by atoms with E-state index in [0.717, 1.165) is 6.07 Å². The molecule has 0 saturated heterocycles. The summed E-state index contributed by atoms with van der Waals surface area (Å²) in [5.74, 6) is 0.137. The van der Waals surface area contributed by atoms with Gasteiger partial charge >= 0.3 is 12.4 Å². The van der Waals surface area contributed by atoms with Crippen molar-refractivity contribution in [2.24, 2.45) is 0 Å². The number of nitrogens with one attached hydrogen (secondary N) is 2. The molecule has 1 aromatic heterocycles. The van der Waals surface area contributed by atoms with Crippen LogP contribution >= 0.6 is 0 Å². The van der Waals surface area contributed by atoms with Gasteiger partial charge in [0, 0.05) is 5.92 Å². The average molecular weight is 358 g/mol. The number of amides is 2. The molecule has 0 aliphatic rings. The Bertz CT molecular complexity index is 731. The SMILES string of the molecule is CC(C)c1nnc([C@H](C)NC(=O)Nc2ccccc2OC(F)(F)F)o1. The van der Waals surface area contributed by atoms with Gasteiger partial charge in [-0.2, -0.15) is 0 Å². The van der Waals surface area contributed by atoms with Crippen LogP contribution in [0.2, 0.25) is 0 Å². The monoisotopic (exact) mass is 358 g/mol. The molecule has 2 amide bonds.